The molecule has 0 aliphatic carbocycles. The second kappa shape index (κ2) is 8.24. The van der Waals surface area contributed by atoms with Crippen molar-refractivity contribution in [3.05, 3.63) is 0 Å². The minimum absolute atomic E-state index is 0.0760. The quantitative estimate of drug-likeness (QED) is 0.496. The van der Waals surface area contributed by atoms with E-state index in [-0.39, 0.29) is 30.8 Å². The lowest BCUT2D eigenvalue weighted by Gasteiger charge is -2.18. The summed E-state index contributed by atoms with van der Waals surface area (Å²) in [6.07, 6.45) is 0.744. The first-order valence-electron chi connectivity index (χ1n) is 6.61. The Morgan fingerprint density at radius 3 is 1.65 bits per heavy atom. The monoisotopic (exact) mass is 308 g/mol. The van der Waals surface area contributed by atoms with E-state index < -0.39 is 27.7 Å². The van der Waals surface area contributed by atoms with E-state index in [0.717, 1.165) is 6.26 Å². The number of ether oxygens (including phenoxy) is 2. The highest BCUT2D eigenvalue weighted by Crippen LogP contribution is 2.14. The molecule has 0 heterocycles. The van der Waals surface area contributed by atoms with Crippen LogP contribution in [0.4, 0.5) is 0 Å². The van der Waals surface area contributed by atoms with Gasteiger partial charge in [-0.25, -0.2) is 8.42 Å². The van der Waals surface area contributed by atoms with Gasteiger partial charge in [0.1, 0.15) is 9.84 Å². The van der Waals surface area contributed by atoms with Gasteiger partial charge >= 0.3 is 11.9 Å². The molecule has 0 atom stereocenters. The molecule has 0 amide bonds. The summed E-state index contributed by atoms with van der Waals surface area (Å²) < 4.78 is 32.2. The summed E-state index contributed by atoms with van der Waals surface area (Å²) in [6.45, 7) is 6.72. The third kappa shape index (κ3) is 8.90. The summed E-state index contributed by atoms with van der Waals surface area (Å²) in [4.78, 5) is 23.7. The van der Waals surface area contributed by atoms with Crippen LogP contribution < -0.4 is 0 Å². The minimum atomic E-state index is -3.12. The molecule has 0 aromatic heterocycles. The first-order chi connectivity index (χ1) is 9.03. The molecule has 0 saturated heterocycles. The van der Waals surface area contributed by atoms with Crippen LogP contribution in [0.2, 0.25) is 0 Å². The number of hydrogen-bond acceptors (Lipinski definition) is 6. The molecular weight excluding hydrogens is 284 g/mol. The number of sulfone groups is 1. The zero-order valence-corrected chi connectivity index (χ0v) is 13.5. The summed E-state index contributed by atoms with van der Waals surface area (Å²) in [7, 11) is -3.12. The van der Waals surface area contributed by atoms with Crippen LogP contribution in [-0.4, -0.2) is 44.6 Å². The highest BCUT2D eigenvalue weighted by molar-refractivity contribution is 7.90. The van der Waals surface area contributed by atoms with Gasteiger partial charge in [0.25, 0.3) is 0 Å². The third-order valence-corrected chi connectivity index (χ3v) is 3.31. The van der Waals surface area contributed by atoms with Gasteiger partial charge in [-0.15, -0.1) is 0 Å². The van der Waals surface area contributed by atoms with Crippen LogP contribution >= 0.6 is 0 Å². The lowest BCUT2D eigenvalue weighted by Crippen LogP contribution is -2.31. The van der Waals surface area contributed by atoms with Crippen molar-refractivity contribution < 1.29 is 27.5 Å². The van der Waals surface area contributed by atoms with Gasteiger partial charge in [-0.05, 0) is 40.5 Å². The highest BCUT2D eigenvalue weighted by Gasteiger charge is 2.30. The molecule has 6 nitrogen and oxygen atoms in total. The maximum absolute atomic E-state index is 11.9. The van der Waals surface area contributed by atoms with Gasteiger partial charge in [0.15, 0.2) is 5.92 Å². The van der Waals surface area contributed by atoms with Crippen LogP contribution in [0.25, 0.3) is 0 Å². The molecule has 20 heavy (non-hydrogen) atoms. The Bertz CT molecular complexity index is 402. The molecule has 0 spiro atoms. The zero-order valence-electron chi connectivity index (χ0n) is 12.7. The Morgan fingerprint density at radius 1 is 0.950 bits per heavy atom. The van der Waals surface area contributed by atoms with Gasteiger partial charge in [-0.1, -0.05) is 0 Å². The Hall–Kier alpha value is -1.11. The average molecular weight is 308 g/mol. The molecular formula is C13H24O6S. The molecule has 0 aromatic rings. The van der Waals surface area contributed by atoms with E-state index in [1.54, 1.807) is 27.7 Å². The smallest absolute Gasteiger partial charge is 0.320 e. The predicted octanol–water partition coefficient (Wildman–Crippen LogP) is 1.33. The minimum Gasteiger partial charge on any atom is -0.462 e. The standard InChI is InChI=1S/C13H24O6S/c1-9(2)18-12(14)11(13(15)19-10(3)4)7-6-8-20(5,16)17/h9-11H,6-8H2,1-5H3. The van der Waals surface area contributed by atoms with Gasteiger partial charge in [-0.3, -0.25) is 9.59 Å². The molecule has 0 radical (unpaired) electrons. The summed E-state index contributed by atoms with van der Waals surface area (Å²) in [5, 5.41) is 0. The molecule has 118 valence electrons. The van der Waals surface area contributed by atoms with Crippen molar-refractivity contribution in [1.29, 1.82) is 0 Å². The van der Waals surface area contributed by atoms with Crippen molar-refractivity contribution in [3.8, 4) is 0 Å². The van der Waals surface area contributed by atoms with Gasteiger partial charge in [0, 0.05) is 12.0 Å². The molecule has 0 unspecified atom stereocenters. The third-order valence-electron chi connectivity index (χ3n) is 2.28. The summed E-state index contributed by atoms with van der Waals surface area (Å²) in [5.74, 6) is -2.48. The Morgan fingerprint density at radius 2 is 1.35 bits per heavy atom. The van der Waals surface area contributed by atoms with Crippen LogP contribution in [0.3, 0.4) is 0 Å². The summed E-state index contributed by atoms with van der Waals surface area (Å²) in [6, 6.07) is 0. The number of rotatable bonds is 8. The molecule has 0 fully saturated rings. The average Bonchev–Trinajstić information content (AvgIpc) is 2.20. The lowest BCUT2D eigenvalue weighted by atomic mass is 10.0. The van der Waals surface area contributed by atoms with E-state index in [9.17, 15) is 18.0 Å². The molecule has 0 aliphatic rings. The Kier molecular flexibility index (Phi) is 7.78. The van der Waals surface area contributed by atoms with E-state index in [0.29, 0.717) is 0 Å². The first-order valence-corrected chi connectivity index (χ1v) is 8.67. The number of carbonyl (C=O) groups excluding carboxylic acids is 2. The van der Waals surface area contributed by atoms with Gasteiger partial charge in [0.2, 0.25) is 0 Å². The van der Waals surface area contributed by atoms with E-state index in [1.807, 2.05) is 0 Å². The molecule has 0 aliphatic heterocycles. The molecule has 0 bridgehead atoms. The van der Waals surface area contributed by atoms with E-state index >= 15 is 0 Å². The van der Waals surface area contributed by atoms with Gasteiger partial charge in [0.05, 0.1) is 12.2 Å². The lowest BCUT2D eigenvalue weighted by molar-refractivity contribution is -0.166. The fraction of sp³-hybridized carbons (Fsp3) is 0.846. The van der Waals surface area contributed by atoms with Crippen molar-refractivity contribution in [3.63, 3.8) is 0 Å². The molecule has 0 aromatic carbocycles. The summed E-state index contributed by atoms with van der Waals surface area (Å²) >= 11 is 0. The van der Waals surface area contributed by atoms with Crippen molar-refractivity contribution in [2.24, 2.45) is 5.92 Å². The van der Waals surface area contributed by atoms with Crippen molar-refractivity contribution in [2.75, 3.05) is 12.0 Å². The second-order valence-electron chi connectivity index (χ2n) is 5.30. The van der Waals surface area contributed by atoms with Crippen molar-refractivity contribution in [1.82, 2.24) is 0 Å². The van der Waals surface area contributed by atoms with Gasteiger partial charge in [-0.2, -0.15) is 0 Å². The first kappa shape index (κ1) is 18.9. The number of hydrogen-bond donors (Lipinski definition) is 0. The largest absolute Gasteiger partial charge is 0.462 e. The predicted molar refractivity (Wildman–Crippen MR) is 74.9 cm³/mol. The van der Waals surface area contributed by atoms with Crippen LogP contribution in [-0.2, 0) is 28.9 Å². The summed E-state index contributed by atoms with van der Waals surface area (Å²) in [5.41, 5.74) is 0. The van der Waals surface area contributed by atoms with Crippen LogP contribution in [0.1, 0.15) is 40.5 Å². The fourth-order valence-electron chi connectivity index (χ4n) is 1.51. The maximum Gasteiger partial charge on any atom is 0.320 e. The number of esters is 2. The molecule has 0 rings (SSSR count). The molecule has 7 heteroatoms. The van der Waals surface area contributed by atoms with Gasteiger partial charge < -0.3 is 9.47 Å². The van der Waals surface area contributed by atoms with Crippen molar-refractivity contribution in [2.45, 2.75) is 52.7 Å². The van der Waals surface area contributed by atoms with Crippen LogP contribution in [0, 0.1) is 5.92 Å². The Labute approximate surface area is 120 Å². The van der Waals surface area contributed by atoms with Crippen LogP contribution in [0.15, 0.2) is 0 Å². The van der Waals surface area contributed by atoms with E-state index in [2.05, 4.69) is 0 Å². The highest BCUT2D eigenvalue weighted by atomic mass is 32.2. The SMILES string of the molecule is CC(C)OC(=O)C(CCCS(C)(=O)=O)C(=O)OC(C)C. The maximum atomic E-state index is 11.9. The van der Waals surface area contributed by atoms with E-state index in [1.165, 1.54) is 0 Å². The van der Waals surface area contributed by atoms with Crippen molar-refractivity contribution >= 4 is 21.8 Å². The van der Waals surface area contributed by atoms with E-state index in [4.69, 9.17) is 9.47 Å². The van der Waals surface area contributed by atoms with Crippen LogP contribution in [0.5, 0.6) is 0 Å². The zero-order chi connectivity index (χ0) is 15.9. The second-order valence-corrected chi connectivity index (χ2v) is 7.56. The molecule has 0 saturated carbocycles. The normalized spacial score (nSPS) is 12.0. The Balaban J connectivity index is 4.70. The topological polar surface area (TPSA) is 86.7 Å². The molecule has 0 N–H and O–H groups in total. The fourth-order valence-corrected chi connectivity index (χ4v) is 2.20. The number of carbonyl (C=O) groups is 2.